The van der Waals surface area contributed by atoms with Crippen molar-refractivity contribution in [3.63, 3.8) is 0 Å². The molecule has 2 amide bonds. The molecule has 0 unspecified atom stereocenters. The van der Waals surface area contributed by atoms with E-state index in [1.54, 1.807) is 0 Å². The molecular weight excluding hydrogens is 235 g/mol. The molecule has 17 heavy (non-hydrogen) atoms. The van der Waals surface area contributed by atoms with Crippen molar-refractivity contribution < 1.29 is 19.5 Å². The number of carbonyl (C=O) groups excluding carboxylic acids is 2. The van der Waals surface area contributed by atoms with Crippen molar-refractivity contribution in [3.8, 4) is 0 Å². The molecular formula is C10H19N2NaO4. The number of unbranched alkanes of at least 4 members (excludes halogenated alkanes) is 2. The first-order chi connectivity index (χ1) is 7.47. The molecule has 0 aromatic heterocycles. The third kappa shape index (κ3) is 10.3. The molecule has 0 aliphatic heterocycles. The summed E-state index contributed by atoms with van der Waals surface area (Å²) in [7, 11) is 0. The van der Waals surface area contributed by atoms with Gasteiger partial charge in [0.1, 0.15) is 6.04 Å². The average molecular weight is 254 g/mol. The van der Waals surface area contributed by atoms with E-state index in [0.29, 0.717) is 6.42 Å². The molecule has 0 spiro atoms. The number of nitrogens with two attached hydrogens (primary N) is 1. The van der Waals surface area contributed by atoms with Crippen LogP contribution in [-0.4, -0.2) is 58.5 Å². The molecule has 0 radical (unpaired) electrons. The topological polar surface area (TPSA) is 109 Å². The summed E-state index contributed by atoms with van der Waals surface area (Å²) in [5.41, 5.74) is 4.87. The number of amides is 2. The van der Waals surface area contributed by atoms with Crippen LogP contribution in [0.1, 0.15) is 39.0 Å². The maximum absolute atomic E-state index is 11.3. The van der Waals surface area contributed by atoms with Gasteiger partial charge in [0.25, 0.3) is 0 Å². The second kappa shape index (κ2) is 10.6. The Kier molecular flexibility index (Phi) is 11.7. The van der Waals surface area contributed by atoms with E-state index in [9.17, 15) is 14.4 Å². The molecule has 6 nitrogen and oxygen atoms in total. The summed E-state index contributed by atoms with van der Waals surface area (Å²) in [5.74, 6) is -2.36. The molecule has 94 valence electrons. The van der Waals surface area contributed by atoms with E-state index in [4.69, 9.17) is 10.8 Å². The number of primary amides is 1. The summed E-state index contributed by atoms with van der Waals surface area (Å²) in [5, 5.41) is 11.0. The number of nitrogens with one attached hydrogen (secondary N) is 1. The maximum atomic E-state index is 11.3. The number of aliphatic carboxylic acids is 1. The molecule has 0 bridgehead atoms. The van der Waals surface area contributed by atoms with Crippen molar-refractivity contribution in [1.82, 2.24) is 5.32 Å². The number of rotatable bonds is 8. The monoisotopic (exact) mass is 254 g/mol. The van der Waals surface area contributed by atoms with Gasteiger partial charge in [-0.05, 0) is 6.42 Å². The van der Waals surface area contributed by atoms with Crippen LogP contribution in [0.4, 0.5) is 0 Å². The Labute approximate surface area is 123 Å². The first kappa shape index (κ1) is 18.8. The van der Waals surface area contributed by atoms with Crippen LogP contribution in [0.25, 0.3) is 0 Å². The molecule has 4 N–H and O–H groups in total. The normalized spacial score (nSPS) is 11.1. The third-order valence-electron chi connectivity index (χ3n) is 2.05. The summed E-state index contributed by atoms with van der Waals surface area (Å²) in [4.78, 5) is 32.5. The van der Waals surface area contributed by atoms with Crippen LogP contribution in [-0.2, 0) is 14.4 Å². The fraction of sp³-hybridized carbons (Fsp3) is 0.700. The van der Waals surface area contributed by atoms with Gasteiger partial charge in [-0.3, -0.25) is 9.59 Å². The van der Waals surface area contributed by atoms with E-state index in [-0.39, 0.29) is 48.3 Å². The molecule has 0 aromatic carbocycles. The molecule has 0 aromatic rings. The van der Waals surface area contributed by atoms with E-state index in [0.717, 1.165) is 12.8 Å². The molecule has 0 rings (SSSR count). The molecule has 0 aliphatic rings. The second-order valence-corrected chi connectivity index (χ2v) is 3.59. The summed E-state index contributed by atoms with van der Waals surface area (Å²) < 4.78 is 0. The number of hydrogen-bond acceptors (Lipinski definition) is 3. The van der Waals surface area contributed by atoms with Crippen LogP contribution >= 0.6 is 0 Å². The summed E-state index contributed by atoms with van der Waals surface area (Å²) in [6.07, 6.45) is 2.51. The van der Waals surface area contributed by atoms with Crippen molar-refractivity contribution in [3.05, 3.63) is 0 Å². The van der Waals surface area contributed by atoms with Crippen LogP contribution in [0, 0.1) is 0 Å². The van der Waals surface area contributed by atoms with Gasteiger partial charge in [-0.2, -0.15) is 0 Å². The minimum atomic E-state index is -1.25. The Morgan fingerprint density at radius 2 is 1.88 bits per heavy atom. The van der Waals surface area contributed by atoms with Crippen LogP contribution < -0.4 is 11.1 Å². The van der Waals surface area contributed by atoms with E-state index < -0.39 is 17.9 Å². The zero-order valence-corrected chi connectivity index (χ0v) is 9.36. The fourth-order valence-corrected chi connectivity index (χ4v) is 1.20. The van der Waals surface area contributed by atoms with Gasteiger partial charge in [0.2, 0.25) is 11.8 Å². The van der Waals surface area contributed by atoms with Crippen LogP contribution in [0.5, 0.6) is 0 Å². The van der Waals surface area contributed by atoms with Gasteiger partial charge in [0, 0.05) is 6.42 Å². The fourth-order valence-electron chi connectivity index (χ4n) is 1.20. The number of carbonyl (C=O) groups is 3. The van der Waals surface area contributed by atoms with E-state index in [1.807, 2.05) is 6.92 Å². The van der Waals surface area contributed by atoms with Crippen molar-refractivity contribution in [1.29, 1.82) is 0 Å². The Morgan fingerprint density at radius 3 is 2.29 bits per heavy atom. The summed E-state index contributed by atoms with van der Waals surface area (Å²) in [6.45, 7) is 2.01. The van der Waals surface area contributed by atoms with Gasteiger partial charge in [-0.15, -0.1) is 0 Å². The van der Waals surface area contributed by atoms with Crippen LogP contribution in [0.15, 0.2) is 0 Å². The SMILES string of the molecule is CCCCCC(=O)N[C@@H](CC(N)=O)C(=O)O.[NaH]. The van der Waals surface area contributed by atoms with E-state index in [2.05, 4.69) is 5.32 Å². The molecule has 1 atom stereocenters. The Bertz CT molecular complexity index is 271. The van der Waals surface area contributed by atoms with Gasteiger partial charge >= 0.3 is 35.5 Å². The zero-order valence-electron chi connectivity index (χ0n) is 9.36. The molecule has 0 saturated carbocycles. The van der Waals surface area contributed by atoms with Crippen LogP contribution in [0.3, 0.4) is 0 Å². The predicted molar refractivity (Wildman–Crippen MR) is 64.7 cm³/mol. The number of carboxylic acids is 1. The number of hydrogen-bond donors (Lipinski definition) is 3. The van der Waals surface area contributed by atoms with Crippen molar-refractivity contribution in [2.45, 2.75) is 45.1 Å². The number of carboxylic acid groups (broad SMARTS) is 1. The van der Waals surface area contributed by atoms with Gasteiger partial charge in [0.15, 0.2) is 0 Å². The Balaban J connectivity index is 0. The van der Waals surface area contributed by atoms with Gasteiger partial charge in [0.05, 0.1) is 6.42 Å². The molecule has 0 fully saturated rings. The summed E-state index contributed by atoms with van der Waals surface area (Å²) >= 11 is 0. The van der Waals surface area contributed by atoms with Gasteiger partial charge < -0.3 is 16.2 Å². The average Bonchev–Trinajstić information content (AvgIpc) is 2.16. The van der Waals surface area contributed by atoms with Crippen LogP contribution in [0.2, 0.25) is 0 Å². The molecule has 0 heterocycles. The van der Waals surface area contributed by atoms with Crippen molar-refractivity contribution >= 4 is 47.3 Å². The molecule has 0 saturated heterocycles. The standard InChI is InChI=1S/C10H18N2O4.Na.H/c1-2-3-4-5-9(14)12-7(10(15)16)6-8(11)13;;/h7H,2-6H2,1H3,(H2,11,13)(H,12,14)(H,15,16);;/t7-;;/m0../s1. The Hall–Kier alpha value is -0.590. The minimum absolute atomic E-state index is 0. The van der Waals surface area contributed by atoms with Gasteiger partial charge in [-0.1, -0.05) is 19.8 Å². The first-order valence-electron chi connectivity index (χ1n) is 5.27. The molecule has 7 heteroatoms. The van der Waals surface area contributed by atoms with Crippen molar-refractivity contribution in [2.75, 3.05) is 0 Å². The predicted octanol–water partition coefficient (Wildman–Crippen LogP) is -0.637. The second-order valence-electron chi connectivity index (χ2n) is 3.59. The zero-order chi connectivity index (χ0) is 12.6. The third-order valence-corrected chi connectivity index (χ3v) is 2.05. The first-order valence-corrected chi connectivity index (χ1v) is 5.27. The van der Waals surface area contributed by atoms with E-state index in [1.165, 1.54) is 0 Å². The Morgan fingerprint density at radius 1 is 1.29 bits per heavy atom. The van der Waals surface area contributed by atoms with E-state index >= 15 is 0 Å². The molecule has 0 aliphatic carbocycles. The summed E-state index contributed by atoms with van der Waals surface area (Å²) in [6, 6.07) is -1.22. The van der Waals surface area contributed by atoms with Crippen molar-refractivity contribution in [2.24, 2.45) is 5.73 Å². The van der Waals surface area contributed by atoms with Gasteiger partial charge in [-0.25, -0.2) is 4.79 Å². The quantitative estimate of drug-likeness (QED) is 0.395.